The summed E-state index contributed by atoms with van der Waals surface area (Å²) in [6.45, 7) is 6.11. The van der Waals surface area contributed by atoms with Crippen molar-refractivity contribution in [1.82, 2.24) is 9.97 Å². The van der Waals surface area contributed by atoms with E-state index in [2.05, 4.69) is 34.8 Å². The number of anilines is 1. The van der Waals surface area contributed by atoms with Crippen LogP contribution in [0.15, 0.2) is 23.0 Å². The number of hydrogen-bond donors (Lipinski definition) is 1. The average molecular weight is 326 g/mol. The summed E-state index contributed by atoms with van der Waals surface area (Å²) in [5.74, 6) is 0.586. The molecule has 0 fully saturated rings. The van der Waals surface area contributed by atoms with Crippen molar-refractivity contribution >= 4 is 16.9 Å². The highest BCUT2D eigenvalue weighted by Crippen LogP contribution is 2.17. The second-order valence-electron chi connectivity index (χ2n) is 6.10. The van der Waals surface area contributed by atoms with Gasteiger partial charge in [0.1, 0.15) is 6.07 Å². The molecule has 1 heterocycles. The number of hydrogen-bond acceptors (Lipinski definition) is 4. The van der Waals surface area contributed by atoms with Crippen LogP contribution < -0.4 is 10.5 Å². The van der Waals surface area contributed by atoms with E-state index in [0.29, 0.717) is 22.4 Å². The Bertz CT molecular complexity index is 750. The van der Waals surface area contributed by atoms with Crippen LogP contribution in [0.25, 0.3) is 10.9 Å². The van der Waals surface area contributed by atoms with Gasteiger partial charge in [-0.2, -0.15) is 5.26 Å². The molecule has 128 valence electrons. The fourth-order valence-corrected chi connectivity index (χ4v) is 2.82. The Labute approximate surface area is 143 Å². The lowest BCUT2D eigenvalue weighted by molar-refractivity contribution is 0.626. The molecule has 2 aromatic rings. The van der Waals surface area contributed by atoms with Gasteiger partial charge in [-0.1, -0.05) is 45.6 Å². The molecule has 0 aliphatic carbocycles. The average Bonchev–Trinajstić information content (AvgIpc) is 2.60. The summed E-state index contributed by atoms with van der Waals surface area (Å²) in [4.78, 5) is 22.1. The highest BCUT2D eigenvalue weighted by molar-refractivity contribution is 5.84. The number of para-hydroxylation sites is 1. The molecule has 5 heteroatoms. The van der Waals surface area contributed by atoms with E-state index in [-0.39, 0.29) is 5.56 Å². The molecule has 0 aliphatic heterocycles. The van der Waals surface area contributed by atoms with Gasteiger partial charge in [-0.05, 0) is 25.0 Å². The van der Waals surface area contributed by atoms with Gasteiger partial charge in [0.25, 0.3) is 5.56 Å². The largest absolute Gasteiger partial charge is 0.342 e. The van der Waals surface area contributed by atoms with Crippen molar-refractivity contribution in [3.8, 4) is 6.07 Å². The molecule has 1 N–H and O–H groups in total. The molecule has 0 unspecified atom stereocenters. The second-order valence-corrected chi connectivity index (χ2v) is 6.10. The molecule has 0 bridgehead atoms. The maximum absolute atomic E-state index is 12.4. The maximum Gasteiger partial charge on any atom is 0.260 e. The lowest BCUT2D eigenvalue weighted by atomic mass is 10.1. The van der Waals surface area contributed by atoms with E-state index in [1.165, 1.54) is 0 Å². The van der Waals surface area contributed by atoms with Crippen LogP contribution >= 0.6 is 0 Å². The first-order chi connectivity index (χ1) is 11.7. The van der Waals surface area contributed by atoms with E-state index in [9.17, 15) is 10.1 Å². The number of aromatic amines is 1. The first-order valence-electron chi connectivity index (χ1n) is 8.89. The quantitative estimate of drug-likeness (QED) is 0.707. The SMILES string of the molecule is CCCCCN(CCCCC)c1nc2c(C#N)cccc2c(=O)[nH]1. The summed E-state index contributed by atoms with van der Waals surface area (Å²) in [5, 5.41) is 9.76. The predicted octanol–water partition coefficient (Wildman–Crippen LogP) is 3.98. The Balaban J connectivity index is 2.37. The Morgan fingerprint density at radius 3 is 2.38 bits per heavy atom. The van der Waals surface area contributed by atoms with Crippen molar-refractivity contribution in [1.29, 1.82) is 5.26 Å². The number of nitrogens with zero attached hydrogens (tertiary/aromatic N) is 3. The van der Waals surface area contributed by atoms with E-state index >= 15 is 0 Å². The molecule has 0 saturated carbocycles. The van der Waals surface area contributed by atoms with Crippen molar-refractivity contribution in [3.05, 3.63) is 34.1 Å². The monoisotopic (exact) mass is 326 g/mol. The van der Waals surface area contributed by atoms with Crippen molar-refractivity contribution in [3.63, 3.8) is 0 Å². The van der Waals surface area contributed by atoms with Crippen molar-refractivity contribution in [2.24, 2.45) is 0 Å². The van der Waals surface area contributed by atoms with Crippen LogP contribution in [0.5, 0.6) is 0 Å². The zero-order chi connectivity index (χ0) is 17.4. The Morgan fingerprint density at radius 1 is 1.12 bits per heavy atom. The third-order valence-corrected chi connectivity index (χ3v) is 4.21. The Kier molecular flexibility index (Phi) is 6.80. The molecule has 2 rings (SSSR count). The van der Waals surface area contributed by atoms with Crippen molar-refractivity contribution < 1.29 is 0 Å². The van der Waals surface area contributed by atoms with Crippen molar-refractivity contribution in [2.75, 3.05) is 18.0 Å². The third-order valence-electron chi connectivity index (χ3n) is 4.21. The van der Waals surface area contributed by atoms with Gasteiger partial charge < -0.3 is 4.90 Å². The summed E-state index contributed by atoms with van der Waals surface area (Å²) in [6, 6.07) is 7.27. The van der Waals surface area contributed by atoms with E-state index < -0.39 is 0 Å². The number of rotatable bonds is 9. The number of aromatic nitrogens is 2. The summed E-state index contributed by atoms with van der Waals surface area (Å²) < 4.78 is 0. The van der Waals surface area contributed by atoms with Gasteiger partial charge in [0.05, 0.1) is 16.5 Å². The number of H-pyrrole nitrogens is 1. The fourth-order valence-electron chi connectivity index (χ4n) is 2.82. The summed E-state index contributed by atoms with van der Waals surface area (Å²) >= 11 is 0. The lowest BCUT2D eigenvalue weighted by Crippen LogP contribution is -2.29. The zero-order valence-electron chi connectivity index (χ0n) is 14.6. The summed E-state index contributed by atoms with van der Waals surface area (Å²) in [5.41, 5.74) is 0.764. The smallest absolute Gasteiger partial charge is 0.260 e. The number of benzene rings is 1. The molecular formula is C19H26N4O. The van der Waals surface area contributed by atoms with E-state index in [4.69, 9.17) is 0 Å². The van der Waals surface area contributed by atoms with Crippen LogP contribution in [-0.4, -0.2) is 23.1 Å². The van der Waals surface area contributed by atoms with Gasteiger partial charge in [0.15, 0.2) is 0 Å². The van der Waals surface area contributed by atoms with Crippen LogP contribution in [0, 0.1) is 11.3 Å². The zero-order valence-corrected chi connectivity index (χ0v) is 14.6. The van der Waals surface area contributed by atoms with Gasteiger partial charge >= 0.3 is 0 Å². The van der Waals surface area contributed by atoms with Gasteiger partial charge in [-0.3, -0.25) is 9.78 Å². The predicted molar refractivity (Wildman–Crippen MR) is 98.3 cm³/mol. The number of nitrogens with one attached hydrogen (secondary N) is 1. The normalized spacial score (nSPS) is 10.7. The molecule has 0 spiro atoms. The number of nitriles is 1. The Hall–Kier alpha value is -2.35. The standard InChI is InChI=1S/C19H26N4O/c1-3-5-7-12-23(13-8-6-4-2)19-21-17-15(14-20)10-9-11-16(17)18(24)22-19/h9-11H,3-8,12-13H2,1-2H3,(H,21,22,24). The molecule has 1 aromatic heterocycles. The van der Waals surface area contributed by atoms with Crippen LogP contribution in [-0.2, 0) is 0 Å². The Morgan fingerprint density at radius 2 is 1.79 bits per heavy atom. The number of fused-ring (bicyclic) bond motifs is 1. The maximum atomic E-state index is 12.4. The van der Waals surface area contributed by atoms with Crippen LogP contribution in [0.3, 0.4) is 0 Å². The van der Waals surface area contributed by atoms with Gasteiger partial charge in [0.2, 0.25) is 5.95 Å². The van der Waals surface area contributed by atoms with Gasteiger partial charge in [0, 0.05) is 13.1 Å². The second kappa shape index (κ2) is 9.07. The highest BCUT2D eigenvalue weighted by Gasteiger charge is 2.13. The van der Waals surface area contributed by atoms with Gasteiger partial charge in [-0.15, -0.1) is 0 Å². The molecule has 0 radical (unpaired) electrons. The first-order valence-corrected chi connectivity index (χ1v) is 8.89. The van der Waals surface area contributed by atoms with E-state index in [0.717, 1.165) is 51.6 Å². The fraction of sp³-hybridized carbons (Fsp3) is 0.526. The minimum atomic E-state index is -0.178. The molecular weight excluding hydrogens is 300 g/mol. The van der Waals surface area contributed by atoms with Crippen LogP contribution in [0.1, 0.15) is 57.9 Å². The van der Waals surface area contributed by atoms with E-state index in [1.807, 2.05) is 0 Å². The van der Waals surface area contributed by atoms with Crippen LogP contribution in [0.4, 0.5) is 5.95 Å². The van der Waals surface area contributed by atoms with Gasteiger partial charge in [-0.25, -0.2) is 4.98 Å². The molecule has 0 amide bonds. The molecule has 24 heavy (non-hydrogen) atoms. The lowest BCUT2D eigenvalue weighted by Gasteiger charge is -2.23. The third kappa shape index (κ3) is 4.35. The minimum Gasteiger partial charge on any atom is -0.342 e. The first kappa shape index (κ1) is 18.0. The highest BCUT2D eigenvalue weighted by atomic mass is 16.1. The molecule has 5 nitrogen and oxygen atoms in total. The molecule has 0 aliphatic rings. The number of unbranched alkanes of at least 4 members (excludes halogenated alkanes) is 4. The van der Waals surface area contributed by atoms with Crippen LogP contribution in [0.2, 0.25) is 0 Å². The molecule has 0 atom stereocenters. The van der Waals surface area contributed by atoms with Crippen molar-refractivity contribution in [2.45, 2.75) is 52.4 Å². The molecule has 0 saturated heterocycles. The topological polar surface area (TPSA) is 72.8 Å². The minimum absolute atomic E-state index is 0.178. The molecule has 1 aromatic carbocycles. The summed E-state index contributed by atoms with van der Waals surface area (Å²) in [6.07, 6.45) is 6.78. The van der Waals surface area contributed by atoms with E-state index in [1.54, 1.807) is 18.2 Å². The summed E-state index contributed by atoms with van der Waals surface area (Å²) in [7, 11) is 0.